The number of piperazine rings is 1. The zero-order valence-electron chi connectivity index (χ0n) is 12.0. The lowest BCUT2D eigenvalue weighted by Crippen LogP contribution is -2.61. The van der Waals surface area contributed by atoms with Crippen molar-refractivity contribution in [2.45, 2.75) is 25.9 Å². The number of carbonyl (C=O) groups is 2. The number of hydrogen-bond acceptors (Lipinski definition) is 5. The lowest BCUT2D eigenvalue weighted by atomic mass is 10.1. The summed E-state index contributed by atoms with van der Waals surface area (Å²) in [7, 11) is 1.61. The average Bonchev–Trinajstić information content (AvgIpc) is 2.99. The quantitative estimate of drug-likeness (QED) is 0.840. The van der Waals surface area contributed by atoms with E-state index < -0.39 is 0 Å². The Morgan fingerprint density at radius 3 is 2.75 bits per heavy atom. The number of nitrogens with zero attached hydrogens (tertiary/aromatic N) is 3. The van der Waals surface area contributed by atoms with Crippen molar-refractivity contribution < 1.29 is 14.0 Å². The van der Waals surface area contributed by atoms with Crippen LogP contribution in [-0.4, -0.2) is 65.4 Å². The van der Waals surface area contributed by atoms with E-state index in [-0.39, 0.29) is 29.7 Å². The normalized spacial score (nSPS) is 20.2. The van der Waals surface area contributed by atoms with Crippen LogP contribution in [0.4, 0.5) is 0 Å². The molecule has 0 bridgehead atoms. The molecule has 1 fully saturated rings. The zero-order chi connectivity index (χ0) is 14.7. The van der Waals surface area contributed by atoms with Gasteiger partial charge in [0.25, 0.3) is 5.91 Å². The molecule has 2 rings (SSSR count). The zero-order valence-corrected chi connectivity index (χ0v) is 12.0. The molecule has 1 atom stereocenters. The van der Waals surface area contributed by atoms with E-state index in [2.05, 4.69) is 15.2 Å². The molecule has 0 unspecified atom stereocenters. The van der Waals surface area contributed by atoms with Crippen LogP contribution < -0.4 is 5.32 Å². The van der Waals surface area contributed by atoms with Gasteiger partial charge in [-0.05, 0) is 13.8 Å². The molecule has 1 aromatic rings. The van der Waals surface area contributed by atoms with Crippen molar-refractivity contribution in [3.05, 3.63) is 18.4 Å². The fourth-order valence-electron chi connectivity index (χ4n) is 2.48. The summed E-state index contributed by atoms with van der Waals surface area (Å²) in [6.07, 6.45) is 2.62. The van der Waals surface area contributed by atoms with Crippen LogP contribution >= 0.6 is 0 Å². The molecule has 20 heavy (non-hydrogen) atoms. The van der Waals surface area contributed by atoms with E-state index in [1.165, 1.54) is 12.6 Å². The van der Waals surface area contributed by atoms with Crippen molar-refractivity contribution in [3.63, 3.8) is 0 Å². The largest absolute Gasteiger partial charge is 0.438 e. The SMILES string of the molecule is CNC(=O)[C@H]1CN(C(=O)c2cnco2)CCN1C(C)C. The van der Waals surface area contributed by atoms with Gasteiger partial charge in [-0.2, -0.15) is 0 Å². The molecule has 0 aliphatic carbocycles. The van der Waals surface area contributed by atoms with Gasteiger partial charge in [0, 0.05) is 32.7 Å². The van der Waals surface area contributed by atoms with E-state index in [4.69, 9.17) is 4.42 Å². The van der Waals surface area contributed by atoms with Crippen LogP contribution in [0, 0.1) is 0 Å². The lowest BCUT2D eigenvalue weighted by Gasteiger charge is -2.42. The minimum absolute atomic E-state index is 0.0752. The number of oxazole rings is 1. The van der Waals surface area contributed by atoms with Crippen molar-refractivity contribution in [1.82, 2.24) is 20.1 Å². The van der Waals surface area contributed by atoms with E-state index in [0.717, 1.165) is 0 Å². The maximum atomic E-state index is 12.2. The second kappa shape index (κ2) is 6.04. The molecule has 1 aromatic heterocycles. The third-order valence-corrected chi connectivity index (χ3v) is 3.56. The minimum Gasteiger partial charge on any atom is -0.438 e. The summed E-state index contributed by atoms with van der Waals surface area (Å²) in [6, 6.07) is -0.0829. The van der Waals surface area contributed by atoms with Crippen molar-refractivity contribution >= 4 is 11.8 Å². The molecule has 0 aromatic carbocycles. The first-order valence-corrected chi connectivity index (χ1v) is 6.69. The number of rotatable bonds is 3. The van der Waals surface area contributed by atoms with Gasteiger partial charge in [0.2, 0.25) is 11.7 Å². The van der Waals surface area contributed by atoms with Crippen LogP contribution in [0.15, 0.2) is 17.0 Å². The Morgan fingerprint density at radius 1 is 1.45 bits per heavy atom. The molecule has 110 valence electrons. The molecule has 2 amide bonds. The standard InChI is InChI=1S/C13H20N4O3/c1-9(2)17-5-4-16(7-10(17)12(18)14-3)13(19)11-6-15-8-20-11/h6,8-10H,4-5,7H2,1-3H3,(H,14,18)/t10-/m1/s1. The highest BCUT2D eigenvalue weighted by molar-refractivity contribution is 5.92. The maximum absolute atomic E-state index is 12.2. The van der Waals surface area contributed by atoms with Gasteiger partial charge >= 0.3 is 0 Å². The number of aromatic nitrogens is 1. The molecular formula is C13H20N4O3. The summed E-state index contributed by atoms with van der Waals surface area (Å²) in [5.41, 5.74) is 0. The van der Waals surface area contributed by atoms with Gasteiger partial charge in [-0.1, -0.05) is 0 Å². The number of carbonyl (C=O) groups excluding carboxylic acids is 2. The van der Waals surface area contributed by atoms with Gasteiger partial charge in [-0.3, -0.25) is 14.5 Å². The molecule has 0 spiro atoms. The summed E-state index contributed by atoms with van der Waals surface area (Å²) in [5.74, 6) is -0.0905. The monoisotopic (exact) mass is 280 g/mol. The van der Waals surface area contributed by atoms with Gasteiger partial charge in [0.15, 0.2) is 6.39 Å². The van der Waals surface area contributed by atoms with E-state index in [1.54, 1.807) is 11.9 Å². The van der Waals surface area contributed by atoms with Crippen molar-refractivity contribution in [2.75, 3.05) is 26.7 Å². The Morgan fingerprint density at radius 2 is 2.20 bits per heavy atom. The fraction of sp³-hybridized carbons (Fsp3) is 0.615. The Labute approximate surface area is 117 Å². The summed E-state index contributed by atoms with van der Waals surface area (Å²) >= 11 is 0. The van der Waals surface area contributed by atoms with E-state index in [1.807, 2.05) is 13.8 Å². The van der Waals surface area contributed by atoms with Crippen molar-refractivity contribution in [1.29, 1.82) is 0 Å². The van der Waals surface area contributed by atoms with Crippen molar-refractivity contribution in [2.24, 2.45) is 0 Å². The summed E-state index contributed by atoms with van der Waals surface area (Å²) in [4.78, 5) is 31.7. The Balaban J connectivity index is 2.12. The Hall–Kier alpha value is -1.89. The number of nitrogens with one attached hydrogen (secondary N) is 1. The molecule has 1 aliphatic heterocycles. The minimum atomic E-state index is -0.333. The van der Waals surface area contributed by atoms with Gasteiger partial charge in [0.05, 0.1) is 6.20 Å². The fourth-order valence-corrected chi connectivity index (χ4v) is 2.48. The lowest BCUT2D eigenvalue weighted by molar-refractivity contribution is -0.128. The van der Waals surface area contributed by atoms with Gasteiger partial charge in [0.1, 0.15) is 6.04 Å². The summed E-state index contributed by atoms with van der Waals surface area (Å²) < 4.78 is 5.03. The summed E-state index contributed by atoms with van der Waals surface area (Å²) in [5, 5.41) is 2.66. The number of likely N-dealkylation sites (N-methyl/N-ethyl adjacent to an activating group) is 1. The first kappa shape index (κ1) is 14.5. The first-order valence-electron chi connectivity index (χ1n) is 6.69. The van der Waals surface area contributed by atoms with Gasteiger partial charge < -0.3 is 14.6 Å². The van der Waals surface area contributed by atoms with E-state index in [0.29, 0.717) is 19.6 Å². The molecule has 0 radical (unpaired) electrons. The van der Waals surface area contributed by atoms with Crippen LogP contribution in [0.3, 0.4) is 0 Å². The molecule has 1 aliphatic rings. The second-order valence-corrected chi connectivity index (χ2v) is 5.08. The molecule has 7 nitrogen and oxygen atoms in total. The van der Waals surface area contributed by atoms with Gasteiger partial charge in [-0.25, -0.2) is 4.98 Å². The smallest absolute Gasteiger partial charge is 0.291 e. The van der Waals surface area contributed by atoms with Gasteiger partial charge in [-0.15, -0.1) is 0 Å². The first-order chi connectivity index (χ1) is 9.54. The second-order valence-electron chi connectivity index (χ2n) is 5.08. The topological polar surface area (TPSA) is 78.7 Å². The summed E-state index contributed by atoms with van der Waals surface area (Å²) in [6.45, 7) is 5.69. The predicted octanol–water partition coefficient (Wildman–Crippen LogP) is -0.0446. The highest BCUT2D eigenvalue weighted by Crippen LogP contribution is 2.16. The van der Waals surface area contributed by atoms with Crippen LogP contribution in [0.2, 0.25) is 0 Å². The van der Waals surface area contributed by atoms with E-state index in [9.17, 15) is 9.59 Å². The molecule has 0 saturated carbocycles. The van der Waals surface area contributed by atoms with E-state index >= 15 is 0 Å². The Bertz CT molecular complexity index is 472. The van der Waals surface area contributed by atoms with Crippen LogP contribution in [-0.2, 0) is 4.79 Å². The number of amides is 2. The molecular weight excluding hydrogens is 260 g/mol. The molecule has 2 heterocycles. The number of hydrogen-bond donors (Lipinski definition) is 1. The molecule has 1 saturated heterocycles. The highest BCUT2D eigenvalue weighted by Gasteiger charge is 2.35. The average molecular weight is 280 g/mol. The van der Waals surface area contributed by atoms with Crippen LogP contribution in [0.1, 0.15) is 24.4 Å². The Kier molecular flexibility index (Phi) is 4.39. The third-order valence-electron chi connectivity index (χ3n) is 3.56. The van der Waals surface area contributed by atoms with Crippen LogP contribution in [0.25, 0.3) is 0 Å². The third kappa shape index (κ3) is 2.82. The van der Waals surface area contributed by atoms with Crippen molar-refractivity contribution in [3.8, 4) is 0 Å². The van der Waals surface area contributed by atoms with Crippen LogP contribution in [0.5, 0.6) is 0 Å². The maximum Gasteiger partial charge on any atom is 0.291 e. The highest BCUT2D eigenvalue weighted by atomic mass is 16.3. The molecule has 1 N–H and O–H groups in total. The molecule has 7 heteroatoms. The predicted molar refractivity (Wildman–Crippen MR) is 72.1 cm³/mol.